The Morgan fingerprint density at radius 1 is 1.10 bits per heavy atom. The Bertz CT molecular complexity index is 845. The average molecular weight is 512 g/mol. The van der Waals surface area contributed by atoms with E-state index in [0.717, 1.165) is 15.6 Å². The molecule has 0 heterocycles. The van der Waals surface area contributed by atoms with E-state index >= 15 is 0 Å². The van der Waals surface area contributed by atoms with Gasteiger partial charge in [-0.25, -0.2) is 0 Å². The van der Waals surface area contributed by atoms with Crippen LogP contribution in [0.15, 0.2) is 53.0 Å². The lowest BCUT2D eigenvalue weighted by Gasteiger charge is -2.29. The normalized spacial score (nSPS) is 11.9. The lowest BCUT2D eigenvalue weighted by Crippen LogP contribution is -2.48. The van der Waals surface area contributed by atoms with Crippen molar-refractivity contribution in [2.24, 2.45) is 5.92 Å². The second-order valence-electron chi connectivity index (χ2n) is 7.59. The van der Waals surface area contributed by atoms with Gasteiger partial charge in [0.15, 0.2) is 0 Å². The maximum Gasteiger partial charge on any atom is 0.242 e. The van der Waals surface area contributed by atoms with Crippen LogP contribution in [0.2, 0.25) is 5.02 Å². The van der Waals surface area contributed by atoms with Gasteiger partial charge in [-0.2, -0.15) is 0 Å². The van der Waals surface area contributed by atoms with Crippen LogP contribution in [0.3, 0.4) is 0 Å². The maximum atomic E-state index is 13.1. The van der Waals surface area contributed by atoms with Crippen molar-refractivity contribution in [2.75, 3.05) is 12.3 Å². The highest BCUT2D eigenvalue weighted by molar-refractivity contribution is 9.10. The van der Waals surface area contributed by atoms with E-state index in [2.05, 4.69) is 21.2 Å². The van der Waals surface area contributed by atoms with Gasteiger partial charge in [0.2, 0.25) is 11.8 Å². The van der Waals surface area contributed by atoms with E-state index in [1.165, 1.54) is 11.8 Å². The molecule has 2 amide bonds. The van der Waals surface area contributed by atoms with E-state index in [4.69, 9.17) is 11.6 Å². The van der Waals surface area contributed by atoms with Crippen molar-refractivity contribution in [3.05, 3.63) is 69.2 Å². The minimum absolute atomic E-state index is 0.0545. The SMILES string of the molecule is CC(C)CNC(=O)[C@@H](C)N(Cc1cccc(Br)c1)C(=O)CSCc1ccc(Cl)cc1. The molecule has 0 aliphatic carbocycles. The van der Waals surface area contributed by atoms with Gasteiger partial charge in [0, 0.05) is 28.3 Å². The maximum absolute atomic E-state index is 13.1. The smallest absolute Gasteiger partial charge is 0.242 e. The molecule has 4 nitrogen and oxygen atoms in total. The van der Waals surface area contributed by atoms with Gasteiger partial charge in [0.25, 0.3) is 0 Å². The Hall–Kier alpha value is -1.50. The predicted molar refractivity (Wildman–Crippen MR) is 130 cm³/mol. The van der Waals surface area contributed by atoms with E-state index in [1.54, 1.807) is 11.8 Å². The van der Waals surface area contributed by atoms with Crippen LogP contribution in [0.5, 0.6) is 0 Å². The van der Waals surface area contributed by atoms with Crippen LogP contribution in [-0.4, -0.2) is 35.1 Å². The number of thioether (sulfide) groups is 1. The van der Waals surface area contributed by atoms with Crippen molar-refractivity contribution >= 4 is 51.1 Å². The molecule has 1 atom stereocenters. The second kappa shape index (κ2) is 12.4. The molecule has 0 fully saturated rings. The van der Waals surface area contributed by atoms with Crippen LogP contribution in [0.4, 0.5) is 0 Å². The molecular weight excluding hydrogens is 484 g/mol. The van der Waals surface area contributed by atoms with Crippen molar-refractivity contribution < 1.29 is 9.59 Å². The number of amides is 2. The fourth-order valence-corrected chi connectivity index (χ4v) is 4.23. The first-order valence-corrected chi connectivity index (χ1v) is 12.2. The molecule has 2 aromatic carbocycles. The standard InChI is InChI=1S/C23H28BrClN2O2S/c1-16(2)12-26-23(29)17(3)27(13-19-5-4-6-20(24)11-19)22(28)15-30-14-18-7-9-21(25)10-8-18/h4-11,16-17H,12-15H2,1-3H3,(H,26,29)/t17-/m1/s1. The molecular formula is C23H28BrClN2O2S. The third-order valence-electron chi connectivity index (χ3n) is 4.50. The van der Waals surface area contributed by atoms with E-state index in [1.807, 2.05) is 62.4 Å². The lowest BCUT2D eigenvalue weighted by atomic mass is 10.1. The minimum atomic E-state index is -0.550. The number of halogens is 2. The van der Waals surface area contributed by atoms with Crippen molar-refractivity contribution in [3.63, 3.8) is 0 Å². The molecule has 0 radical (unpaired) electrons. The molecule has 162 valence electrons. The summed E-state index contributed by atoms with van der Waals surface area (Å²) in [6.07, 6.45) is 0. The summed E-state index contributed by atoms with van der Waals surface area (Å²) in [5.74, 6) is 1.18. The summed E-state index contributed by atoms with van der Waals surface area (Å²) in [5.41, 5.74) is 2.09. The van der Waals surface area contributed by atoms with Gasteiger partial charge in [-0.3, -0.25) is 9.59 Å². The lowest BCUT2D eigenvalue weighted by molar-refractivity contribution is -0.138. The second-order valence-corrected chi connectivity index (χ2v) is 9.92. The Kier molecular flexibility index (Phi) is 10.2. The summed E-state index contributed by atoms with van der Waals surface area (Å²) in [6, 6.07) is 14.9. The molecule has 7 heteroatoms. The van der Waals surface area contributed by atoms with Crippen molar-refractivity contribution in [1.29, 1.82) is 0 Å². The zero-order chi connectivity index (χ0) is 22.1. The summed E-state index contributed by atoms with van der Waals surface area (Å²) in [5, 5.41) is 3.64. The highest BCUT2D eigenvalue weighted by Gasteiger charge is 2.26. The zero-order valence-electron chi connectivity index (χ0n) is 17.5. The largest absolute Gasteiger partial charge is 0.354 e. The molecule has 2 rings (SSSR count). The number of hydrogen-bond donors (Lipinski definition) is 1. The first-order valence-electron chi connectivity index (χ1n) is 9.90. The van der Waals surface area contributed by atoms with Crippen molar-refractivity contribution in [3.8, 4) is 0 Å². The molecule has 0 spiro atoms. The van der Waals surface area contributed by atoms with Gasteiger partial charge in [0.05, 0.1) is 5.75 Å². The van der Waals surface area contributed by atoms with Gasteiger partial charge in [0.1, 0.15) is 6.04 Å². The molecule has 0 aliphatic rings. The topological polar surface area (TPSA) is 49.4 Å². The van der Waals surface area contributed by atoms with E-state index in [-0.39, 0.29) is 11.8 Å². The van der Waals surface area contributed by atoms with E-state index in [9.17, 15) is 9.59 Å². The molecule has 0 unspecified atom stereocenters. The molecule has 1 N–H and O–H groups in total. The first kappa shape index (κ1) is 24.8. The summed E-state index contributed by atoms with van der Waals surface area (Å²) in [4.78, 5) is 27.4. The third-order valence-corrected chi connectivity index (χ3v) is 6.24. The Balaban J connectivity index is 2.05. The van der Waals surface area contributed by atoms with Crippen LogP contribution in [0.1, 0.15) is 31.9 Å². The average Bonchev–Trinajstić information content (AvgIpc) is 2.71. The van der Waals surface area contributed by atoms with Crippen LogP contribution in [0.25, 0.3) is 0 Å². The Labute approximate surface area is 196 Å². The molecule has 2 aromatic rings. The van der Waals surface area contributed by atoms with Gasteiger partial charge in [-0.1, -0.05) is 65.6 Å². The predicted octanol–water partition coefficient (Wildman–Crippen LogP) is 5.53. The molecule has 0 saturated heterocycles. The van der Waals surface area contributed by atoms with Crippen LogP contribution >= 0.6 is 39.3 Å². The number of benzene rings is 2. The first-order chi connectivity index (χ1) is 14.3. The van der Waals surface area contributed by atoms with E-state index < -0.39 is 6.04 Å². The number of nitrogens with one attached hydrogen (secondary N) is 1. The Morgan fingerprint density at radius 2 is 1.80 bits per heavy atom. The summed E-state index contributed by atoms with van der Waals surface area (Å²) >= 11 is 10.9. The highest BCUT2D eigenvalue weighted by Crippen LogP contribution is 2.19. The fraction of sp³-hybridized carbons (Fsp3) is 0.391. The number of carbonyl (C=O) groups is 2. The third kappa shape index (κ3) is 8.32. The highest BCUT2D eigenvalue weighted by atomic mass is 79.9. The number of hydrogen-bond acceptors (Lipinski definition) is 3. The Morgan fingerprint density at radius 3 is 2.43 bits per heavy atom. The van der Waals surface area contributed by atoms with E-state index in [0.29, 0.717) is 35.5 Å². The van der Waals surface area contributed by atoms with Crippen LogP contribution in [-0.2, 0) is 21.9 Å². The summed E-state index contributed by atoms with van der Waals surface area (Å²) < 4.78 is 0.946. The molecule has 30 heavy (non-hydrogen) atoms. The van der Waals surface area contributed by atoms with Crippen molar-refractivity contribution in [2.45, 2.75) is 39.1 Å². The fourth-order valence-electron chi connectivity index (χ4n) is 2.79. The number of rotatable bonds is 10. The zero-order valence-corrected chi connectivity index (χ0v) is 20.7. The quantitative estimate of drug-likeness (QED) is 0.456. The molecule has 0 bridgehead atoms. The van der Waals surface area contributed by atoms with Crippen molar-refractivity contribution in [1.82, 2.24) is 10.2 Å². The monoisotopic (exact) mass is 510 g/mol. The summed E-state index contributed by atoms with van der Waals surface area (Å²) in [6.45, 7) is 6.85. The number of carbonyl (C=O) groups excluding carboxylic acids is 2. The number of nitrogens with zero attached hydrogens (tertiary/aromatic N) is 1. The molecule has 0 aliphatic heterocycles. The van der Waals surface area contributed by atoms with Gasteiger partial charge >= 0.3 is 0 Å². The van der Waals surface area contributed by atoms with Gasteiger partial charge in [-0.15, -0.1) is 11.8 Å². The van der Waals surface area contributed by atoms with Gasteiger partial charge < -0.3 is 10.2 Å². The van der Waals surface area contributed by atoms with Crippen LogP contribution < -0.4 is 5.32 Å². The van der Waals surface area contributed by atoms with Crippen LogP contribution in [0, 0.1) is 5.92 Å². The minimum Gasteiger partial charge on any atom is -0.354 e. The molecule has 0 saturated carbocycles. The summed E-state index contributed by atoms with van der Waals surface area (Å²) in [7, 11) is 0. The van der Waals surface area contributed by atoms with Gasteiger partial charge in [-0.05, 0) is 48.2 Å². The molecule has 0 aromatic heterocycles.